The smallest absolute Gasteiger partial charge is 0.0790 e. The van der Waals surface area contributed by atoms with E-state index in [1.165, 1.54) is 3.57 Å². The maximum atomic E-state index is 5.76. The Bertz CT molecular complexity index is 408. The average molecular weight is 305 g/mol. The van der Waals surface area contributed by atoms with Crippen LogP contribution in [0.4, 0.5) is 0 Å². The van der Waals surface area contributed by atoms with Gasteiger partial charge in [0.2, 0.25) is 0 Å². The first-order valence-electron chi connectivity index (χ1n) is 3.72. The summed E-state index contributed by atoms with van der Waals surface area (Å²) in [5, 5.41) is 4.75. The molecule has 0 aliphatic carbocycles. The summed E-state index contributed by atoms with van der Waals surface area (Å²) < 4.78 is 2.96. The summed E-state index contributed by atoms with van der Waals surface area (Å²) in [5.74, 6) is 0. The van der Waals surface area contributed by atoms with Crippen molar-refractivity contribution in [2.45, 2.75) is 0 Å². The second kappa shape index (κ2) is 3.67. The summed E-state index contributed by atoms with van der Waals surface area (Å²) in [4.78, 5) is 0. The van der Waals surface area contributed by atoms with Gasteiger partial charge < -0.3 is 0 Å². The molecular formula is C9H6ClIN2. The van der Waals surface area contributed by atoms with Gasteiger partial charge in [0, 0.05) is 9.77 Å². The third kappa shape index (κ3) is 2.03. The Morgan fingerprint density at radius 2 is 1.92 bits per heavy atom. The van der Waals surface area contributed by atoms with Crippen molar-refractivity contribution in [1.82, 2.24) is 9.78 Å². The van der Waals surface area contributed by atoms with E-state index in [0.717, 1.165) is 5.69 Å². The van der Waals surface area contributed by atoms with E-state index in [0.29, 0.717) is 5.02 Å². The lowest BCUT2D eigenvalue weighted by Crippen LogP contribution is -1.92. The Kier molecular flexibility index (Phi) is 2.55. The molecule has 0 aliphatic rings. The molecule has 0 amide bonds. The molecule has 0 saturated carbocycles. The topological polar surface area (TPSA) is 17.8 Å². The fourth-order valence-electron chi connectivity index (χ4n) is 1.04. The molecule has 66 valence electrons. The molecule has 1 aromatic heterocycles. The van der Waals surface area contributed by atoms with E-state index >= 15 is 0 Å². The van der Waals surface area contributed by atoms with Crippen LogP contribution < -0.4 is 0 Å². The molecule has 0 bridgehead atoms. The molecule has 0 unspecified atom stereocenters. The molecule has 0 radical (unpaired) electrons. The molecule has 2 rings (SSSR count). The average Bonchev–Trinajstić information content (AvgIpc) is 2.53. The van der Waals surface area contributed by atoms with Crippen LogP contribution in [-0.2, 0) is 0 Å². The molecule has 1 heterocycles. The first-order chi connectivity index (χ1) is 6.25. The van der Waals surface area contributed by atoms with Crippen molar-refractivity contribution in [3.05, 3.63) is 45.3 Å². The molecule has 0 saturated heterocycles. The second-order valence-corrected chi connectivity index (χ2v) is 4.26. The number of rotatable bonds is 1. The van der Waals surface area contributed by atoms with Crippen LogP contribution >= 0.6 is 34.2 Å². The van der Waals surface area contributed by atoms with E-state index < -0.39 is 0 Å². The number of aromatic nitrogens is 2. The van der Waals surface area contributed by atoms with Gasteiger partial charge in [-0.25, -0.2) is 4.68 Å². The van der Waals surface area contributed by atoms with Crippen LogP contribution in [-0.4, -0.2) is 9.78 Å². The molecule has 2 nitrogen and oxygen atoms in total. The minimum absolute atomic E-state index is 0.651. The number of hydrogen-bond acceptors (Lipinski definition) is 1. The van der Waals surface area contributed by atoms with Crippen LogP contribution in [0.15, 0.2) is 36.7 Å². The first kappa shape index (κ1) is 9.02. The zero-order valence-electron chi connectivity index (χ0n) is 6.61. The summed E-state index contributed by atoms with van der Waals surface area (Å²) in [7, 11) is 0. The molecule has 0 spiro atoms. The van der Waals surface area contributed by atoms with Crippen LogP contribution in [0.2, 0.25) is 5.02 Å². The predicted octanol–water partition coefficient (Wildman–Crippen LogP) is 3.13. The zero-order valence-corrected chi connectivity index (χ0v) is 9.53. The lowest BCUT2D eigenvalue weighted by atomic mass is 10.3. The summed E-state index contributed by atoms with van der Waals surface area (Å²) in [5.41, 5.74) is 1.02. The van der Waals surface area contributed by atoms with E-state index in [4.69, 9.17) is 11.6 Å². The summed E-state index contributed by atoms with van der Waals surface area (Å²) in [6.45, 7) is 0. The van der Waals surface area contributed by atoms with E-state index in [2.05, 4.69) is 27.7 Å². The summed E-state index contributed by atoms with van der Waals surface area (Å²) >= 11 is 8.02. The highest BCUT2D eigenvalue weighted by Crippen LogP contribution is 2.13. The maximum absolute atomic E-state index is 5.76. The largest absolute Gasteiger partial charge is 0.239 e. The van der Waals surface area contributed by atoms with Gasteiger partial charge in [-0.05, 0) is 46.9 Å². The van der Waals surface area contributed by atoms with Crippen LogP contribution in [0.5, 0.6) is 0 Å². The molecule has 0 atom stereocenters. The highest BCUT2D eigenvalue weighted by Gasteiger charge is 1.97. The third-order valence-corrected chi connectivity index (χ3v) is 2.56. The summed E-state index contributed by atoms with van der Waals surface area (Å²) in [6, 6.07) is 8.08. The van der Waals surface area contributed by atoms with Crippen LogP contribution in [0.3, 0.4) is 0 Å². The predicted molar refractivity (Wildman–Crippen MR) is 61.3 cm³/mol. The summed E-state index contributed by atoms with van der Waals surface area (Å²) in [6.07, 6.45) is 3.41. The van der Waals surface area contributed by atoms with Gasteiger partial charge in [0.05, 0.1) is 16.9 Å². The zero-order chi connectivity index (χ0) is 9.26. The Balaban J connectivity index is 2.41. The Labute approximate surface area is 94.7 Å². The fraction of sp³-hybridized carbons (Fsp3) is 0. The standard InChI is InChI=1S/C9H6ClIN2/c10-7-5-12-13(6-7)9-3-1-8(11)2-4-9/h1-6H. The number of nitrogens with zero attached hydrogens (tertiary/aromatic N) is 2. The van der Waals surface area contributed by atoms with Crippen LogP contribution in [0, 0.1) is 3.57 Å². The van der Waals surface area contributed by atoms with E-state index in [-0.39, 0.29) is 0 Å². The first-order valence-corrected chi connectivity index (χ1v) is 5.17. The van der Waals surface area contributed by atoms with Crippen molar-refractivity contribution in [2.75, 3.05) is 0 Å². The van der Waals surface area contributed by atoms with Gasteiger partial charge in [0.15, 0.2) is 0 Å². The van der Waals surface area contributed by atoms with Gasteiger partial charge in [-0.2, -0.15) is 5.10 Å². The lowest BCUT2D eigenvalue weighted by Gasteiger charge is -1.99. The molecule has 0 N–H and O–H groups in total. The number of halogens is 2. The maximum Gasteiger partial charge on any atom is 0.0790 e. The normalized spacial score (nSPS) is 10.3. The van der Waals surface area contributed by atoms with E-state index in [9.17, 15) is 0 Å². The Hall–Kier alpha value is -0.550. The van der Waals surface area contributed by atoms with Crippen molar-refractivity contribution in [3.8, 4) is 5.69 Å². The van der Waals surface area contributed by atoms with Gasteiger partial charge in [0.1, 0.15) is 0 Å². The Morgan fingerprint density at radius 3 is 2.46 bits per heavy atom. The number of benzene rings is 1. The van der Waals surface area contributed by atoms with E-state index in [1.807, 2.05) is 24.3 Å². The Morgan fingerprint density at radius 1 is 1.23 bits per heavy atom. The highest BCUT2D eigenvalue weighted by atomic mass is 127. The van der Waals surface area contributed by atoms with Crippen molar-refractivity contribution < 1.29 is 0 Å². The third-order valence-electron chi connectivity index (χ3n) is 1.64. The molecule has 13 heavy (non-hydrogen) atoms. The van der Waals surface area contributed by atoms with Gasteiger partial charge in [-0.3, -0.25) is 0 Å². The van der Waals surface area contributed by atoms with Crippen molar-refractivity contribution in [1.29, 1.82) is 0 Å². The van der Waals surface area contributed by atoms with Gasteiger partial charge in [-0.1, -0.05) is 11.6 Å². The van der Waals surface area contributed by atoms with Crippen molar-refractivity contribution in [2.24, 2.45) is 0 Å². The van der Waals surface area contributed by atoms with Gasteiger partial charge in [0.25, 0.3) is 0 Å². The minimum Gasteiger partial charge on any atom is -0.239 e. The van der Waals surface area contributed by atoms with Gasteiger partial charge in [-0.15, -0.1) is 0 Å². The molecular weight excluding hydrogens is 298 g/mol. The van der Waals surface area contributed by atoms with Crippen molar-refractivity contribution >= 4 is 34.2 Å². The quantitative estimate of drug-likeness (QED) is 0.740. The monoisotopic (exact) mass is 304 g/mol. The highest BCUT2D eigenvalue weighted by molar-refractivity contribution is 14.1. The fourth-order valence-corrected chi connectivity index (χ4v) is 1.53. The van der Waals surface area contributed by atoms with Crippen molar-refractivity contribution in [3.63, 3.8) is 0 Å². The molecule has 1 aromatic carbocycles. The van der Waals surface area contributed by atoms with Gasteiger partial charge >= 0.3 is 0 Å². The number of hydrogen-bond donors (Lipinski definition) is 0. The molecule has 4 heteroatoms. The van der Waals surface area contributed by atoms with E-state index in [1.54, 1.807) is 17.1 Å². The molecule has 2 aromatic rings. The molecule has 0 aliphatic heterocycles. The SMILES string of the molecule is Clc1cnn(-c2ccc(I)cc2)c1. The lowest BCUT2D eigenvalue weighted by molar-refractivity contribution is 0.880. The minimum atomic E-state index is 0.651. The van der Waals surface area contributed by atoms with Crippen LogP contribution in [0.25, 0.3) is 5.69 Å². The van der Waals surface area contributed by atoms with Crippen LogP contribution in [0.1, 0.15) is 0 Å². The molecule has 0 fully saturated rings. The second-order valence-electron chi connectivity index (χ2n) is 2.58.